The van der Waals surface area contributed by atoms with Gasteiger partial charge in [-0.25, -0.2) is 14.5 Å². The van der Waals surface area contributed by atoms with Crippen LogP contribution in [0.1, 0.15) is 22.8 Å². The van der Waals surface area contributed by atoms with E-state index in [1.54, 1.807) is 7.05 Å². The topological polar surface area (TPSA) is 79.0 Å². The first-order valence-corrected chi connectivity index (χ1v) is 8.35. The van der Waals surface area contributed by atoms with Crippen LogP contribution in [0.2, 0.25) is 0 Å². The number of aliphatic hydroxyl groups is 1. The number of rotatable bonds is 3. The first-order valence-electron chi connectivity index (χ1n) is 5.12. The number of benzene rings is 1. The summed E-state index contributed by atoms with van der Waals surface area (Å²) in [4.78, 5) is 23.4. The van der Waals surface area contributed by atoms with Gasteiger partial charge in [-0.2, -0.15) is 0 Å². The average Bonchev–Trinajstić information content (AvgIpc) is 2.28. The van der Waals surface area contributed by atoms with E-state index in [2.05, 4.69) is 0 Å². The Morgan fingerprint density at radius 2 is 1.65 bits per heavy atom. The molecule has 1 aromatic carbocycles. The van der Waals surface area contributed by atoms with Gasteiger partial charge in [0.2, 0.25) is 0 Å². The molecule has 20 heavy (non-hydrogen) atoms. The van der Waals surface area contributed by atoms with E-state index in [-0.39, 0.29) is 30.5 Å². The molecule has 0 aliphatic rings. The van der Waals surface area contributed by atoms with Gasteiger partial charge in [0.15, 0.2) is 5.69 Å². The van der Waals surface area contributed by atoms with Crippen molar-refractivity contribution in [3.05, 3.63) is 21.8 Å². The van der Waals surface area contributed by atoms with Gasteiger partial charge in [-0.1, -0.05) is 0 Å². The molecule has 0 radical (unpaired) electrons. The summed E-state index contributed by atoms with van der Waals surface area (Å²) in [5.74, 6) is -1.17. The third-order valence-corrected chi connectivity index (χ3v) is 6.14. The van der Waals surface area contributed by atoms with Crippen LogP contribution >= 0.6 is 67.8 Å². The van der Waals surface area contributed by atoms with Crippen molar-refractivity contribution in [3.8, 4) is 0 Å². The van der Waals surface area contributed by atoms with Crippen molar-refractivity contribution in [3.63, 3.8) is 0 Å². The molecule has 0 aromatic heterocycles. The molecular weight excluding hydrogens is 626 g/mol. The van der Waals surface area contributed by atoms with Crippen molar-refractivity contribution >= 4 is 85.3 Å². The van der Waals surface area contributed by atoms with Crippen LogP contribution in [0.25, 0.3) is 0 Å². The molecule has 5 nitrogen and oxygen atoms in total. The molecule has 112 valence electrons. The minimum atomic E-state index is -1.06. The van der Waals surface area contributed by atoms with Gasteiger partial charge in [0.1, 0.15) is 0 Å². The quantitative estimate of drug-likeness (QED) is 0.349. The molecule has 0 aliphatic carbocycles. The van der Waals surface area contributed by atoms with Crippen LogP contribution in [-0.2, 0) is 11.4 Å². The van der Waals surface area contributed by atoms with Crippen molar-refractivity contribution < 1.29 is 37.1 Å². The predicted molar refractivity (Wildman–Crippen MR) is 94.7 cm³/mol. The maximum absolute atomic E-state index is 11.6. The third-order valence-electron chi connectivity index (χ3n) is 2.68. The molecule has 0 fully saturated rings. The number of aromatic carboxylic acids is 1. The lowest BCUT2D eigenvalue weighted by Gasteiger charge is -2.18. The highest BCUT2D eigenvalue weighted by atomic mass is 127. The van der Waals surface area contributed by atoms with E-state index in [9.17, 15) is 19.8 Å². The van der Waals surface area contributed by atoms with Crippen LogP contribution in [0.4, 0.5) is 5.69 Å². The third kappa shape index (κ3) is 3.94. The first kappa shape index (κ1) is 20.8. The Kier molecular flexibility index (Phi) is 8.73. The zero-order valence-electron chi connectivity index (χ0n) is 10.4. The van der Waals surface area contributed by atoms with E-state index in [4.69, 9.17) is 0 Å². The number of amides is 1. The van der Waals surface area contributed by atoms with E-state index in [0.29, 0.717) is 23.3 Å². The Balaban J connectivity index is 0.00000361. The number of halogens is 4. The predicted octanol–water partition coefficient (Wildman–Crippen LogP) is -1.61. The maximum Gasteiger partial charge on any atom is 0.338 e. The van der Waals surface area contributed by atoms with E-state index in [1.807, 2.05) is 67.8 Å². The van der Waals surface area contributed by atoms with Crippen LogP contribution in [0.5, 0.6) is 0 Å². The molecule has 1 unspecified atom stereocenters. The van der Waals surface area contributed by atoms with Crippen LogP contribution in [0.3, 0.4) is 0 Å². The lowest BCUT2D eigenvalue weighted by molar-refractivity contribution is -0.724. The Morgan fingerprint density at radius 3 is 2.00 bits per heavy atom. The van der Waals surface area contributed by atoms with Gasteiger partial charge in [-0.05, 0) is 67.8 Å². The van der Waals surface area contributed by atoms with Gasteiger partial charge in [-0.3, -0.25) is 0 Å². The minimum Gasteiger partial charge on any atom is -1.00 e. The second-order valence-electron chi connectivity index (χ2n) is 3.81. The highest BCUT2D eigenvalue weighted by Gasteiger charge is 2.29. The number of carboxylic acid groups (broad SMARTS) is 1. The fourth-order valence-electron chi connectivity index (χ4n) is 1.55. The number of hydrogen-bond donors (Lipinski definition) is 3. The number of quaternary nitrogens is 1. The molecule has 3 N–H and O–H groups in total. The van der Waals surface area contributed by atoms with Crippen molar-refractivity contribution in [2.45, 2.75) is 13.5 Å². The SMILES string of the molecule is CC(=O)[NH+](C)c1c(I)c(CO)c(I)c(C(=O)O)c1I.[Cl-]. The average molecular weight is 637 g/mol. The number of aliphatic hydroxyl groups excluding tert-OH is 1. The molecule has 0 bridgehead atoms. The fraction of sp³-hybridized carbons (Fsp3) is 0.273. The summed E-state index contributed by atoms with van der Waals surface area (Å²) in [7, 11) is 1.67. The van der Waals surface area contributed by atoms with Gasteiger partial charge in [0, 0.05) is 9.13 Å². The molecule has 1 atom stereocenters. The Hall–Kier alpha value is 0.760. The summed E-state index contributed by atoms with van der Waals surface area (Å²) in [6.07, 6.45) is 0. The van der Waals surface area contributed by atoms with Gasteiger partial charge < -0.3 is 22.6 Å². The Bertz CT molecular complexity index is 565. The summed E-state index contributed by atoms with van der Waals surface area (Å²) in [5, 5.41) is 18.8. The molecule has 1 amide bonds. The number of carbonyl (C=O) groups is 2. The standard InChI is InChI=1S/C11H10I3NO4.ClH/c1-4(17)15(2)10-8(13)5(3-16)7(12)6(9(10)14)11(18)19;/h16H,3H2,1-2H3,(H,18,19);1H. The minimum absolute atomic E-state index is 0. The summed E-state index contributed by atoms with van der Waals surface area (Å²) in [6.45, 7) is 1.18. The number of carbonyl (C=O) groups excluding carboxylic acids is 1. The number of hydrogen-bond acceptors (Lipinski definition) is 3. The normalized spacial score (nSPS) is 11.7. The van der Waals surface area contributed by atoms with Crippen LogP contribution in [0.15, 0.2) is 0 Å². The monoisotopic (exact) mass is 637 g/mol. The largest absolute Gasteiger partial charge is 1.00 e. The van der Waals surface area contributed by atoms with Crippen molar-refractivity contribution in [2.24, 2.45) is 0 Å². The molecule has 0 saturated carbocycles. The van der Waals surface area contributed by atoms with E-state index < -0.39 is 5.97 Å². The number of carboxylic acids is 1. The molecular formula is C11H11ClI3NO4. The summed E-state index contributed by atoms with van der Waals surface area (Å²) < 4.78 is 1.77. The first-order chi connectivity index (χ1) is 8.73. The molecule has 0 heterocycles. The lowest BCUT2D eigenvalue weighted by Crippen LogP contribution is -3.07. The lowest BCUT2D eigenvalue weighted by atomic mass is 10.1. The van der Waals surface area contributed by atoms with Gasteiger partial charge in [-0.15, -0.1) is 0 Å². The Labute approximate surface area is 163 Å². The molecule has 1 rings (SSSR count). The van der Waals surface area contributed by atoms with Gasteiger partial charge in [0.05, 0.1) is 33.3 Å². The summed E-state index contributed by atoms with van der Waals surface area (Å²) >= 11 is 5.91. The second-order valence-corrected chi connectivity index (χ2v) is 7.05. The van der Waals surface area contributed by atoms with Crippen molar-refractivity contribution in [2.75, 3.05) is 7.05 Å². The van der Waals surface area contributed by atoms with Crippen molar-refractivity contribution in [1.29, 1.82) is 0 Å². The summed E-state index contributed by atoms with van der Waals surface area (Å²) in [6, 6.07) is 0. The number of nitrogens with one attached hydrogen (secondary N) is 1. The Morgan fingerprint density at radius 1 is 1.15 bits per heavy atom. The molecule has 0 aliphatic heterocycles. The molecule has 0 spiro atoms. The summed E-state index contributed by atoms with van der Waals surface area (Å²) in [5.41, 5.74) is 1.30. The van der Waals surface area contributed by atoms with E-state index >= 15 is 0 Å². The molecule has 9 heteroatoms. The molecule has 0 saturated heterocycles. The fourth-order valence-corrected chi connectivity index (χ4v) is 6.33. The zero-order valence-corrected chi connectivity index (χ0v) is 17.7. The van der Waals surface area contributed by atoms with E-state index in [0.717, 1.165) is 3.57 Å². The highest BCUT2D eigenvalue weighted by molar-refractivity contribution is 14.1. The van der Waals surface area contributed by atoms with Crippen molar-refractivity contribution in [1.82, 2.24) is 0 Å². The van der Waals surface area contributed by atoms with Gasteiger partial charge >= 0.3 is 11.9 Å². The highest BCUT2D eigenvalue weighted by Crippen LogP contribution is 2.33. The van der Waals surface area contributed by atoms with Crippen LogP contribution < -0.4 is 17.3 Å². The zero-order chi connectivity index (χ0) is 14.9. The van der Waals surface area contributed by atoms with Crippen LogP contribution in [-0.4, -0.2) is 29.1 Å². The van der Waals surface area contributed by atoms with Crippen LogP contribution in [0, 0.1) is 10.7 Å². The van der Waals surface area contributed by atoms with Gasteiger partial charge in [0.25, 0.3) is 0 Å². The molecule has 1 aromatic rings. The maximum atomic E-state index is 11.6. The second kappa shape index (κ2) is 8.41. The smallest absolute Gasteiger partial charge is 0.338 e. The van der Waals surface area contributed by atoms with E-state index in [1.165, 1.54) is 6.92 Å².